The number of sulfonamides is 1. The van der Waals surface area contributed by atoms with Crippen LogP contribution in [0.4, 0.5) is 5.69 Å². The van der Waals surface area contributed by atoms with Crippen molar-refractivity contribution in [3.05, 3.63) is 23.8 Å². The van der Waals surface area contributed by atoms with Gasteiger partial charge in [0.25, 0.3) is 0 Å². The maximum absolute atomic E-state index is 12.2. The van der Waals surface area contributed by atoms with E-state index < -0.39 is 15.6 Å². The molecule has 0 unspecified atom stereocenters. The van der Waals surface area contributed by atoms with Crippen LogP contribution >= 0.6 is 0 Å². The number of anilines is 1. The van der Waals surface area contributed by atoms with Crippen LogP contribution in [0.25, 0.3) is 0 Å². The molecule has 1 aliphatic carbocycles. The topological polar surface area (TPSA) is 92.4 Å². The average Bonchev–Trinajstić information content (AvgIpc) is 2.97. The van der Waals surface area contributed by atoms with E-state index in [2.05, 4.69) is 4.72 Å². The number of nitrogen functional groups attached to an aromatic ring is 1. The van der Waals surface area contributed by atoms with E-state index in [4.69, 9.17) is 10.8 Å². The molecule has 0 spiro atoms. The zero-order valence-corrected chi connectivity index (χ0v) is 10.4. The molecule has 1 aliphatic rings. The fourth-order valence-electron chi connectivity index (χ4n) is 1.82. The van der Waals surface area contributed by atoms with Crippen molar-refractivity contribution in [2.45, 2.75) is 30.2 Å². The molecule has 0 heterocycles. The molecule has 0 saturated heterocycles. The summed E-state index contributed by atoms with van der Waals surface area (Å²) < 4.78 is 26.9. The van der Waals surface area contributed by atoms with Gasteiger partial charge in [-0.1, -0.05) is 12.1 Å². The van der Waals surface area contributed by atoms with Crippen molar-refractivity contribution in [3.8, 4) is 0 Å². The fraction of sp³-hybridized carbons (Fsp3) is 0.455. The summed E-state index contributed by atoms with van der Waals surface area (Å²) in [6, 6.07) is 4.96. The number of aryl methyl sites for hydroxylation is 1. The lowest BCUT2D eigenvalue weighted by molar-refractivity contribution is 0.246. The molecule has 2 rings (SSSR count). The molecule has 1 fully saturated rings. The fourth-order valence-corrected chi connectivity index (χ4v) is 3.63. The van der Waals surface area contributed by atoms with Gasteiger partial charge in [-0.25, -0.2) is 13.1 Å². The number of nitrogens with two attached hydrogens (primary N) is 1. The highest BCUT2D eigenvalue weighted by atomic mass is 32.2. The summed E-state index contributed by atoms with van der Waals surface area (Å²) in [6.07, 6.45) is 1.32. The number of nitrogens with one attached hydrogen (secondary N) is 1. The van der Waals surface area contributed by atoms with Crippen molar-refractivity contribution in [2.24, 2.45) is 0 Å². The van der Waals surface area contributed by atoms with Crippen LogP contribution in [0.15, 0.2) is 23.1 Å². The van der Waals surface area contributed by atoms with Gasteiger partial charge in [-0.2, -0.15) is 0 Å². The third-order valence-electron chi connectivity index (χ3n) is 3.02. The summed E-state index contributed by atoms with van der Waals surface area (Å²) in [5.41, 5.74) is 5.86. The van der Waals surface area contributed by atoms with Crippen LogP contribution in [0.3, 0.4) is 0 Å². The van der Waals surface area contributed by atoms with Crippen LogP contribution in [0, 0.1) is 6.92 Å². The minimum atomic E-state index is -3.66. The second kappa shape index (κ2) is 3.97. The Morgan fingerprint density at radius 1 is 1.47 bits per heavy atom. The molecule has 4 N–H and O–H groups in total. The molecule has 1 saturated carbocycles. The standard InChI is InChI=1S/C11H16N2O3S/c1-8-3-2-4-9(12)10(8)17(15,16)13-11(7-14)5-6-11/h2-4,13-14H,5-7,12H2,1H3. The molecule has 1 aromatic carbocycles. The molecule has 1 aromatic rings. The van der Waals surface area contributed by atoms with Gasteiger partial charge in [-0.05, 0) is 31.4 Å². The molecular formula is C11H16N2O3S. The summed E-state index contributed by atoms with van der Waals surface area (Å²) >= 11 is 0. The summed E-state index contributed by atoms with van der Waals surface area (Å²) in [4.78, 5) is 0.111. The summed E-state index contributed by atoms with van der Waals surface area (Å²) in [7, 11) is -3.66. The maximum Gasteiger partial charge on any atom is 0.243 e. The number of aliphatic hydroxyl groups excluding tert-OH is 1. The van der Waals surface area contributed by atoms with Crippen LogP contribution in [0.1, 0.15) is 18.4 Å². The van der Waals surface area contributed by atoms with E-state index in [9.17, 15) is 8.42 Å². The van der Waals surface area contributed by atoms with Crippen molar-refractivity contribution >= 4 is 15.7 Å². The second-order valence-electron chi connectivity index (χ2n) is 4.54. The highest BCUT2D eigenvalue weighted by Gasteiger charge is 2.46. The third-order valence-corrected chi connectivity index (χ3v) is 4.82. The van der Waals surface area contributed by atoms with Gasteiger partial charge in [0.05, 0.1) is 17.8 Å². The van der Waals surface area contributed by atoms with Crippen molar-refractivity contribution in [3.63, 3.8) is 0 Å². The Balaban J connectivity index is 2.39. The molecule has 0 amide bonds. The first-order valence-electron chi connectivity index (χ1n) is 5.40. The highest BCUT2D eigenvalue weighted by molar-refractivity contribution is 7.89. The summed E-state index contributed by atoms with van der Waals surface area (Å²) in [6.45, 7) is 1.52. The second-order valence-corrected chi connectivity index (χ2v) is 6.16. The number of benzene rings is 1. The zero-order valence-electron chi connectivity index (χ0n) is 9.60. The van der Waals surface area contributed by atoms with E-state index >= 15 is 0 Å². The Morgan fingerprint density at radius 3 is 2.59 bits per heavy atom. The van der Waals surface area contributed by atoms with Crippen molar-refractivity contribution < 1.29 is 13.5 Å². The predicted octanol–water partition coefficient (Wildman–Crippen LogP) is 0.380. The number of hydrogen-bond donors (Lipinski definition) is 3. The molecule has 17 heavy (non-hydrogen) atoms. The van der Waals surface area contributed by atoms with E-state index in [1.165, 1.54) is 0 Å². The molecule has 0 bridgehead atoms. The van der Waals surface area contributed by atoms with E-state index in [0.717, 1.165) is 0 Å². The van der Waals surface area contributed by atoms with Gasteiger partial charge in [-0.15, -0.1) is 0 Å². The van der Waals surface area contributed by atoms with E-state index in [1.54, 1.807) is 25.1 Å². The van der Waals surface area contributed by atoms with Crippen LogP contribution in [-0.4, -0.2) is 25.7 Å². The molecule has 6 heteroatoms. The van der Waals surface area contributed by atoms with Crippen LogP contribution < -0.4 is 10.5 Å². The smallest absolute Gasteiger partial charge is 0.243 e. The van der Waals surface area contributed by atoms with E-state index in [1.807, 2.05) is 0 Å². The Labute approximate surface area is 101 Å². The van der Waals surface area contributed by atoms with E-state index in [0.29, 0.717) is 18.4 Å². The van der Waals surface area contributed by atoms with Gasteiger partial charge in [0.2, 0.25) is 10.0 Å². The lowest BCUT2D eigenvalue weighted by Gasteiger charge is -2.17. The van der Waals surface area contributed by atoms with Crippen molar-refractivity contribution in [2.75, 3.05) is 12.3 Å². The molecule has 94 valence electrons. The third kappa shape index (κ3) is 2.29. The Hall–Kier alpha value is -1.11. The van der Waals surface area contributed by atoms with Crippen molar-refractivity contribution in [1.82, 2.24) is 4.72 Å². The Bertz CT molecular complexity index is 515. The summed E-state index contributed by atoms with van der Waals surface area (Å²) in [5.74, 6) is 0. The monoisotopic (exact) mass is 256 g/mol. The quantitative estimate of drug-likeness (QED) is 0.679. The molecule has 0 atom stereocenters. The largest absolute Gasteiger partial charge is 0.398 e. The molecule has 0 radical (unpaired) electrons. The lowest BCUT2D eigenvalue weighted by atomic mass is 10.2. The van der Waals surface area contributed by atoms with Crippen LogP contribution in [0.2, 0.25) is 0 Å². The van der Waals surface area contributed by atoms with Crippen LogP contribution in [-0.2, 0) is 10.0 Å². The summed E-state index contributed by atoms with van der Waals surface area (Å²) in [5, 5.41) is 9.15. The first kappa shape index (κ1) is 12.3. The van der Waals surface area contributed by atoms with Gasteiger partial charge in [0.1, 0.15) is 4.90 Å². The number of aliphatic hydroxyl groups is 1. The predicted molar refractivity (Wildman–Crippen MR) is 65.0 cm³/mol. The van der Waals surface area contributed by atoms with Crippen molar-refractivity contribution in [1.29, 1.82) is 0 Å². The van der Waals surface area contributed by atoms with E-state index in [-0.39, 0.29) is 17.2 Å². The van der Waals surface area contributed by atoms with Gasteiger partial charge >= 0.3 is 0 Å². The number of hydrogen-bond acceptors (Lipinski definition) is 4. The van der Waals surface area contributed by atoms with Gasteiger partial charge in [0.15, 0.2) is 0 Å². The Kier molecular flexibility index (Phi) is 2.89. The normalized spacial score (nSPS) is 18.0. The minimum Gasteiger partial charge on any atom is -0.398 e. The molecule has 5 nitrogen and oxygen atoms in total. The first-order valence-corrected chi connectivity index (χ1v) is 6.88. The van der Waals surface area contributed by atoms with Gasteiger partial charge in [-0.3, -0.25) is 0 Å². The van der Waals surface area contributed by atoms with Crippen LogP contribution in [0.5, 0.6) is 0 Å². The van der Waals surface area contributed by atoms with Gasteiger partial charge < -0.3 is 10.8 Å². The lowest BCUT2D eigenvalue weighted by Crippen LogP contribution is -2.40. The Morgan fingerprint density at radius 2 is 2.12 bits per heavy atom. The SMILES string of the molecule is Cc1cccc(N)c1S(=O)(=O)NC1(CO)CC1. The molecule has 0 aliphatic heterocycles. The molecule has 0 aromatic heterocycles. The first-order chi connectivity index (χ1) is 7.90. The minimum absolute atomic E-state index is 0.111. The highest BCUT2D eigenvalue weighted by Crippen LogP contribution is 2.37. The number of rotatable bonds is 4. The molecular weight excluding hydrogens is 240 g/mol. The van der Waals surface area contributed by atoms with Gasteiger partial charge in [0, 0.05) is 0 Å². The average molecular weight is 256 g/mol. The zero-order chi connectivity index (χ0) is 12.7. The maximum atomic E-state index is 12.2.